The SMILES string of the molecule is Cn1c(=O)c2c(nc(NCc3ccccc3Cl)n2Cc2ccc(Cl)cc2)n(C)c1=O. The smallest absolute Gasteiger partial charge is 0.332 e. The third-order valence-corrected chi connectivity index (χ3v) is 5.62. The van der Waals surface area contributed by atoms with Gasteiger partial charge in [0.2, 0.25) is 5.95 Å². The van der Waals surface area contributed by atoms with E-state index < -0.39 is 11.2 Å². The summed E-state index contributed by atoms with van der Waals surface area (Å²) in [6.45, 7) is 0.795. The van der Waals surface area contributed by atoms with E-state index in [9.17, 15) is 9.59 Å². The van der Waals surface area contributed by atoms with Crippen LogP contribution in [0.5, 0.6) is 0 Å². The number of hydrogen-bond acceptors (Lipinski definition) is 4. The Morgan fingerprint density at radius 3 is 2.37 bits per heavy atom. The molecule has 4 aromatic rings. The van der Waals surface area contributed by atoms with Crippen LogP contribution in [0.1, 0.15) is 11.1 Å². The minimum Gasteiger partial charge on any atom is -0.351 e. The van der Waals surface area contributed by atoms with E-state index in [4.69, 9.17) is 23.2 Å². The fourth-order valence-electron chi connectivity index (χ4n) is 3.32. The highest BCUT2D eigenvalue weighted by Crippen LogP contribution is 2.21. The molecule has 0 aliphatic heterocycles. The van der Waals surface area contributed by atoms with Crippen molar-refractivity contribution < 1.29 is 0 Å². The molecule has 30 heavy (non-hydrogen) atoms. The zero-order valence-electron chi connectivity index (χ0n) is 16.4. The summed E-state index contributed by atoms with van der Waals surface area (Å²) in [5.41, 5.74) is 1.66. The molecular weight excluding hydrogens is 425 g/mol. The highest BCUT2D eigenvalue weighted by molar-refractivity contribution is 6.31. The van der Waals surface area contributed by atoms with Crippen LogP contribution in [-0.2, 0) is 27.2 Å². The van der Waals surface area contributed by atoms with Crippen LogP contribution < -0.4 is 16.6 Å². The van der Waals surface area contributed by atoms with Crippen LogP contribution >= 0.6 is 23.2 Å². The van der Waals surface area contributed by atoms with Crippen molar-refractivity contribution in [2.24, 2.45) is 14.1 Å². The molecule has 0 aliphatic carbocycles. The summed E-state index contributed by atoms with van der Waals surface area (Å²) in [4.78, 5) is 29.9. The number of nitrogens with zero attached hydrogens (tertiary/aromatic N) is 4. The summed E-state index contributed by atoms with van der Waals surface area (Å²) in [6.07, 6.45) is 0. The number of nitrogens with one attached hydrogen (secondary N) is 1. The first-order chi connectivity index (χ1) is 14.4. The molecule has 7 nitrogen and oxygen atoms in total. The molecule has 0 amide bonds. The zero-order valence-corrected chi connectivity index (χ0v) is 17.9. The van der Waals surface area contributed by atoms with Crippen molar-refractivity contribution >= 4 is 40.3 Å². The third kappa shape index (κ3) is 3.62. The van der Waals surface area contributed by atoms with E-state index in [-0.39, 0.29) is 0 Å². The number of aromatic nitrogens is 4. The van der Waals surface area contributed by atoms with Gasteiger partial charge in [-0.3, -0.25) is 18.5 Å². The fraction of sp³-hybridized carbons (Fsp3) is 0.190. The molecular formula is C21H19Cl2N5O2. The average molecular weight is 444 g/mol. The maximum atomic E-state index is 12.9. The normalized spacial score (nSPS) is 11.2. The second-order valence-electron chi connectivity index (χ2n) is 6.97. The van der Waals surface area contributed by atoms with Crippen LogP contribution in [0.3, 0.4) is 0 Å². The van der Waals surface area contributed by atoms with Gasteiger partial charge in [-0.05, 0) is 29.3 Å². The first-order valence-electron chi connectivity index (χ1n) is 9.25. The number of anilines is 1. The van der Waals surface area contributed by atoms with Gasteiger partial charge in [0.1, 0.15) is 0 Å². The second-order valence-corrected chi connectivity index (χ2v) is 7.81. The van der Waals surface area contributed by atoms with Crippen LogP contribution in [-0.4, -0.2) is 18.7 Å². The van der Waals surface area contributed by atoms with Gasteiger partial charge in [-0.2, -0.15) is 4.98 Å². The lowest BCUT2D eigenvalue weighted by Gasteiger charge is -2.12. The lowest BCUT2D eigenvalue weighted by molar-refractivity contribution is 0.702. The molecule has 0 saturated heterocycles. The Bertz CT molecular complexity index is 1350. The van der Waals surface area contributed by atoms with Crippen molar-refractivity contribution in [1.29, 1.82) is 0 Å². The van der Waals surface area contributed by atoms with Gasteiger partial charge in [-0.1, -0.05) is 53.5 Å². The summed E-state index contributed by atoms with van der Waals surface area (Å²) in [5.74, 6) is 0.471. The van der Waals surface area contributed by atoms with Gasteiger partial charge in [0, 0.05) is 30.7 Å². The van der Waals surface area contributed by atoms with Gasteiger partial charge in [0.15, 0.2) is 11.2 Å². The third-order valence-electron chi connectivity index (χ3n) is 5.00. The van der Waals surface area contributed by atoms with Gasteiger partial charge in [0.05, 0.1) is 6.54 Å². The van der Waals surface area contributed by atoms with E-state index in [2.05, 4.69) is 10.3 Å². The average Bonchev–Trinajstić information content (AvgIpc) is 3.10. The molecule has 2 heterocycles. The number of benzene rings is 2. The number of rotatable bonds is 5. The monoisotopic (exact) mass is 443 g/mol. The molecule has 0 aliphatic rings. The molecule has 4 rings (SSSR count). The van der Waals surface area contributed by atoms with E-state index in [1.165, 1.54) is 11.6 Å². The molecule has 0 fully saturated rings. The van der Waals surface area contributed by atoms with E-state index in [0.717, 1.165) is 15.7 Å². The Kier molecular flexibility index (Phi) is 5.40. The van der Waals surface area contributed by atoms with Crippen LogP contribution in [0, 0.1) is 0 Å². The van der Waals surface area contributed by atoms with Crippen molar-refractivity contribution in [2.45, 2.75) is 13.1 Å². The summed E-state index contributed by atoms with van der Waals surface area (Å²) in [5, 5.41) is 4.52. The lowest BCUT2D eigenvalue weighted by atomic mass is 10.2. The lowest BCUT2D eigenvalue weighted by Crippen LogP contribution is -2.37. The molecule has 9 heteroatoms. The van der Waals surface area contributed by atoms with Gasteiger partial charge in [0.25, 0.3) is 5.56 Å². The summed E-state index contributed by atoms with van der Waals surface area (Å²) < 4.78 is 4.23. The van der Waals surface area contributed by atoms with E-state index in [1.807, 2.05) is 36.4 Å². The summed E-state index contributed by atoms with van der Waals surface area (Å²) >= 11 is 12.3. The van der Waals surface area contributed by atoms with Crippen LogP contribution in [0.15, 0.2) is 58.1 Å². The molecule has 2 aromatic carbocycles. The minimum absolute atomic E-state index is 0.318. The van der Waals surface area contributed by atoms with Crippen molar-refractivity contribution in [3.8, 4) is 0 Å². The number of aryl methyl sites for hydroxylation is 1. The molecule has 154 valence electrons. The highest BCUT2D eigenvalue weighted by Gasteiger charge is 2.19. The van der Waals surface area contributed by atoms with E-state index >= 15 is 0 Å². The van der Waals surface area contributed by atoms with Crippen molar-refractivity contribution in [1.82, 2.24) is 18.7 Å². The van der Waals surface area contributed by atoms with E-state index in [0.29, 0.717) is 40.2 Å². The predicted octanol–water partition coefficient (Wildman–Crippen LogP) is 3.40. The number of halogens is 2. The predicted molar refractivity (Wildman–Crippen MR) is 120 cm³/mol. The van der Waals surface area contributed by atoms with E-state index in [1.54, 1.807) is 23.7 Å². The Labute approximate surface area is 182 Å². The molecule has 0 spiro atoms. The topological polar surface area (TPSA) is 73.8 Å². The number of fused-ring (bicyclic) bond motifs is 1. The first-order valence-corrected chi connectivity index (χ1v) is 10.0. The molecule has 0 bridgehead atoms. The minimum atomic E-state index is -0.429. The maximum absolute atomic E-state index is 12.9. The number of hydrogen-bond donors (Lipinski definition) is 1. The van der Waals surface area contributed by atoms with Gasteiger partial charge in [-0.15, -0.1) is 0 Å². The van der Waals surface area contributed by atoms with Gasteiger partial charge >= 0.3 is 5.69 Å². The molecule has 0 saturated carbocycles. The van der Waals surface area contributed by atoms with Crippen molar-refractivity contribution in [3.05, 3.63) is 90.5 Å². The molecule has 0 radical (unpaired) electrons. The molecule has 0 atom stereocenters. The summed E-state index contributed by atoms with van der Waals surface area (Å²) in [6, 6.07) is 14.9. The molecule has 0 unspecified atom stereocenters. The number of imidazole rings is 1. The van der Waals surface area contributed by atoms with Crippen LogP contribution in [0.4, 0.5) is 5.95 Å². The van der Waals surface area contributed by atoms with Gasteiger partial charge in [-0.25, -0.2) is 4.79 Å². The molecule has 1 N–H and O–H groups in total. The first kappa shape index (κ1) is 20.3. The fourth-order valence-corrected chi connectivity index (χ4v) is 3.65. The van der Waals surface area contributed by atoms with Crippen LogP contribution in [0.25, 0.3) is 11.2 Å². The summed E-state index contributed by atoms with van der Waals surface area (Å²) in [7, 11) is 3.06. The quantitative estimate of drug-likeness (QED) is 0.512. The van der Waals surface area contributed by atoms with Crippen molar-refractivity contribution in [2.75, 3.05) is 5.32 Å². The standard InChI is InChI=1S/C21H19Cl2N5O2/c1-26-18-17(19(29)27(2)21(26)30)28(12-13-7-9-15(22)10-8-13)20(25-18)24-11-14-5-3-4-6-16(14)23/h3-10H,11-12H2,1-2H3,(H,24,25). The van der Waals surface area contributed by atoms with Crippen molar-refractivity contribution in [3.63, 3.8) is 0 Å². The molecule has 2 aromatic heterocycles. The highest BCUT2D eigenvalue weighted by atomic mass is 35.5. The largest absolute Gasteiger partial charge is 0.351 e. The van der Waals surface area contributed by atoms with Crippen LogP contribution in [0.2, 0.25) is 10.0 Å². The Hall–Kier alpha value is -3.03. The Morgan fingerprint density at radius 2 is 1.67 bits per heavy atom. The zero-order chi connectivity index (χ0) is 21.4. The Balaban J connectivity index is 1.85. The maximum Gasteiger partial charge on any atom is 0.332 e. The van der Waals surface area contributed by atoms with Gasteiger partial charge < -0.3 is 5.32 Å². The second kappa shape index (κ2) is 8.01. The Morgan fingerprint density at radius 1 is 0.967 bits per heavy atom.